The molecule has 2 aliphatic heterocycles. The third-order valence-electron chi connectivity index (χ3n) is 5.09. The van der Waals surface area contributed by atoms with Crippen LogP contribution >= 0.6 is 12.4 Å². The molecular formula is C19H33ClN4. The van der Waals surface area contributed by atoms with E-state index in [-0.39, 0.29) is 12.4 Å². The fourth-order valence-electron chi connectivity index (χ4n) is 3.88. The van der Waals surface area contributed by atoms with Gasteiger partial charge in [0.15, 0.2) is 0 Å². The van der Waals surface area contributed by atoms with Crippen LogP contribution in [-0.2, 0) is 6.54 Å². The molecule has 0 aliphatic carbocycles. The van der Waals surface area contributed by atoms with Gasteiger partial charge in [-0.15, -0.1) is 12.4 Å². The zero-order valence-corrected chi connectivity index (χ0v) is 16.0. The summed E-state index contributed by atoms with van der Waals surface area (Å²) in [4.78, 5) is 7.78. The lowest BCUT2D eigenvalue weighted by Crippen LogP contribution is -2.49. The molecule has 2 heterocycles. The molecule has 0 aromatic heterocycles. The second-order valence-corrected chi connectivity index (χ2v) is 7.05. The first-order valence-corrected chi connectivity index (χ1v) is 9.27. The van der Waals surface area contributed by atoms with Gasteiger partial charge in [0.05, 0.1) is 0 Å². The van der Waals surface area contributed by atoms with E-state index in [9.17, 15) is 0 Å². The molecule has 3 rings (SSSR count). The molecule has 1 atom stereocenters. The van der Waals surface area contributed by atoms with Crippen molar-refractivity contribution in [3.8, 4) is 0 Å². The lowest BCUT2D eigenvalue weighted by Gasteiger charge is -2.38. The molecule has 2 fully saturated rings. The van der Waals surface area contributed by atoms with Gasteiger partial charge in [0, 0.05) is 64.1 Å². The maximum Gasteiger partial charge on any atom is 0.0412 e. The van der Waals surface area contributed by atoms with Crippen molar-refractivity contribution in [2.75, 3.05) is 57.3 Å². The molecule has 0 saturated carbocycles. The Kier molecular flexibility index (Phi) is 7.82. The fraction of sp³-hybridized carbons (Fsp3) is 0.684. The van der Waals surface area contributed by atoms with E-state index in [1.54, 1.807) is 0 Å². The Morgan fingerprint density at radius 2 is 1.79 bits per heavy atom. The number of piperazine rings is 2. The van der Waals surface area contributed by atoms with Gasteiger partial charge in [-0.25, -0.2) is 0 Å². The van der Waals surface area contributed by atoms with E-state index in [4.69, 9.17) is 0 Å². The predicted molar refractivity (Wildman–Crippen MR) is 105 cm³/mol. The van der Waals surface area contributed by atoms with Gasteiger partial charge in [-0.1, -0.05) is 25.1 Å². The molecular weight excluding hydrogens is 320 g/mol. The van der Waals surface area contributed by atoms with E-state index in [2.05, 4.69) is 58.1 Å². The monoisotopic (exact) mass is 352 g/mol. The Labute approximate surface area is 153 Å². The summed E-state index contributed by atoms with van der Waals surface area (Å²) in [6, 6.07) is 9.63. The lowest BCUT2D eigenvalue weighted by molar-refractivity contribution is 0.199. The molecule has 1 aromatic rings. The van der Waals surface area contributed by atoms with E-state index >= 15 is 0 Å². The number of halogens is 1. The summed E-state index contributed by atoms with van der Waals surface area (Å²) in [6.45, 7) is 15.0. The van der Waals surface area contributed by atoms with Gasteiger partial charge >= 0.3 is 0 Å². The molecule has 0 radical (unpaired) electrons. The van der Waals surface area contributed by atoms with Crippen molar-refractivity contribution in [3.05, 3.63) is 29.8 Å². The Balaban J connectivity index is 0.00000208. The van der Waals surface area contributed by atoms with Crippen molar-refractivity contribution >= 4 is 18.1 Å². The number of anilines is 1. The predicted octanol–water partition coefficient (Wildman–Crippen LogP) is 2.43. The molecule has 4 nitrogen and oxygen atoms in total. The summed E-state index contributed by atoms with van der Waals surface area (Å²) in [5.41, 5.74) is 2.94. The molecule has 0 bridgehead atoms. The van der Waals surface area contributed by atoms with Crippen molar-refractivity contribution in [1.29, 1.82) is 0 Å². The number of rotatable bonds is 5. The van der Waals surface area contributed by atoms with Crippen molar-refractivity contribution in [2.24, 2.45) is 0 Å². The van der Waals surface area contributed by atoms with Crippen LogP contribution in [0, 0.1) is 0 Å². The van der Waals surface area contributed by atoms with Crippen LogP contribution in [0.4, 0.5) is 5.69 Å². The molecule has 2 saturated heterocycles. The molecule has 24 heavy (non-hydrogen) atoms. The molecule has 1 aromatic carbocycles. The van der Waals surface area contributed by atoms with E-state index < -0.39 is 0 Å². The van der Waals surface area contributed by atoms with Crippen molar-refractivity contribution in [1.82, 2.24) is 15.1 Å². The van der Waals surface area contributed by atoms with Gasteiger partial charge in [0.2, 0.25) is 0 Å². The molecule has 136 valence electrons. The quantitative estimate of drug-likeness (QED) is 0.878. The lowest BCUT2D eigenvalue weighted by atomic mass is 10.1. The van der Waals surface area contributed by atoms with Gasteiger partial charge in [0.25, 0.3) is 0 Å². The van der Waals surface area contributed by atoms with Gasteiger partial charge < -0.3 is 10.2 Å². The first kappa shape index (κ1) is 19.5. The van der Waals surface area contributed by atoms with Crippen molar-refractivity contribution in [2.45, 2.75) is 32.9 Å². The zero-order chi connectivity index (χ0) is 16.1. The number of nitrogens with one attached hydrogen (secondary N) is 1. The number of nitrogens with zero attached hydrogens (tertiary/aromatic N) is 3. The standard InChI is InChI=1S/C19H32N4.ClH/c1-3-9-21-11-13-23(14-12-21)19-7-5-4-6-18(19)16-22-10-8-20-17(2)15-22;/h4-7,17,20H,3,8-16H2,1-2H3;1H/t17-;/m0./s1. The van der Waals surface area contributed by atoms with Gasteiger partial charge in [0.1, 0.15) is 0 Å². The molecule has 0 spiro atoms. The van der Waals surface area contributed by atoms with Crippen molar-refractivity contribution < 1.29 is 0 Å². The Bertz CT molecular complexity index is 488. The smallest absolute Gasteiger partial charge is 0.0412 e. The Hall–Kier alpha value is -0.810. The molecule has 0 amide bonds. The van der Waals surface area contributed by atoms with Crippen LogP contribution in [0.2, 0.25) is 0 Å². The van der Waals surface area contributed by atoms with Crippen molar-refractivity contribution in [3.63, 3.8) is 0 Å². The van der Waals surface area contributed by atoms with Crippen LogP contribution in [0.5, 0.6) is 0 Å². The average molecular weight is 353 g/mol. The Morgan fingerprint density at radius 3 is 2.50 bits per heavy atom. The molecule has 0 unspecified atom stereocenters. The topological polar surface area (TPSA) is 21.8 Å². The highest BCUT2D eigenvalue weighted by molar-refractivity contribution is 5.85. The van der Waals surface area contributed by atoms with Crippen LogP contribution in [0.1, 0.15) is 25.8 Å². The Morgan fingerprint density at radius 1 is 1.04 bits per heavy atom. The fourth-order valence-corrected chi connectivity index (χ4v) is 3.88. The second kappa shape index (κ2) is 9.62. The minimum Gasteiger partial charge on any atom is -0.369 e. The van der Waals surface area contributed by atoms with Gasteiger partial charge in [-0.3, -0.25) is 9.80 Å². The van der Waals surface area contributed by atoms with E-state index in [0.717, 1.165) is 39.3 Å². The minimum absolute atomic E-state index is 0. The minimum atomic E-state index is 0. The van der Waals surface area contributed by atoms with Gasteiger partial charge in [-0.05, 0) is 31.5 Å². The summed E-state index contributed by atoms with van der Waals surface area (Å²) >= 11 is 0. The third kappa shape index (κ3) is 5.09. The van der Waals surface area contributed by atoms with E-state index in [0.29, 0.717) is 6.04 Å². The van der Waals surface area contributed by atoms with Crippen LogP contribution in [0.3, 0.4) is 0 Å². The summed E-state index contributed by atoms with van der Waals surface area (Å²) in [5, 5.41) is 3.53. The average Bonchev–Trinajstić information content (AvgIpc) is 2.57. The first-order valence-electron chi connectivity index (χ1n) is 9.27. The normalized spacial score (nSPS) is 23.1. The third-order valence-corrected chi connectivity index (χ3v) is 5.09. The van der Waals surface area contributed by atoms with E-state index in [1.807, 2.05) is 0 Å². The molecule has 1 N–H and O–H groups in total. The number of hydrogen-bond acceptors (Lipinski definition) is 4. The highest BCUT2D eigenvalue weighted by Gasteiger charge is 2.21. The number of benzene rings is 1. The molecule has 5 heteroatoms. The van der Waals surface area contributed by atoms with Crippen LogP contribution in [-0.4, -0.2) is 68.2 Å². The number of hydrogen-bond donors (Lipinski definition) is 1. The zero-order valence-electron chi connectivity index (χ0n) is 15.2. The number of para-hydroxylation sites is 1. The summed E-state index contributed by atoms with van der Waals surface area (Å²) in [5.74, 6) is 0. The van der Waals surface area contributed by atoms with Gasteiger partial charge in [-0.2, -0.15) is 0 Å². The highest BCUT2D eigenvalue weighted by Crippen LogP contribution is 2.23. The highest BCUT2D eigenvalue weighted by atomic mass is 35.5. The maximum absolute atomic E-state index is 3.53. The van der Waals surface area contributed by atoms with Crippen LogP contribution in [0.15, 0.2) is 24.3 Å². The first-order chi connectivity index (χ1) is 11.3. The SMILES string of the molecule is CCCN1CCN(c2ccccc2CN2CCN[C@@H](C)C2)CC1.Cl. The summed E-state index contributed by atoms with van der Waals surface area (Å²) in [6.07, 6.45) is 1.26. The van der Waals surface area contributed by atoms with Crippen LogP contribution in [0.25, 0.3) is 0 Å². The summed E-state index contributed by atoms with van der Waals surface area (Å²) in [7, 11) is 0. The van der Waals surface area contributed by atoms with E-state index in [1.165, 1.54) is 37.3 Å². The summed E-state index contributed by atoms with van der Waals surface area (Å²) < 4.78 is 0. The maximum atomic E-state index is 3.53. The second-order valence-electron chi connectivity index (χ2n) is 7.05. The molecule has 2 aliphatic rings. The van der Waals surface area contributed by atoms with Crippen LogP contribution < -0.4 is 10.2 Å². The largest absolute Gasteiger partial charge is 0.369 e.